The van der Waals surface area contributed by atoms with Crippen LogP contribution in [0.4, 0.5) is 5.69 Å². The lowest BCUT2D eigenvalue weighted by atomic mass is 9.71. The fraction of sp³-hybridized carbons (Fsp3) is 0.615. The predicted molar refractivity (Wildman–Crippen MR) is 132 cm³/mol. The average molecular weight is 487 g/mol. The van der Waals surface area contributed by atoms with Crippen LogP contribution in [0.15, 0.2) is 18.2 Å². The van der Waals surface area contributed by atoms with E-state index >= 15 is 0 Å². The molecule has 8 heteroatoms. The third-order valence-electron chi connectivity index (χ3n) is 6.97. The fourth-order valence-electron chi connectivity index (χ4n) is 5.15. The number of halogens is 1. The average Bonchev–Trinajstić information content (AvgIpc) is 3.48. The Balaban J connectivity index is 1.52. The Bertz CT molecular complexity index is 1040. The van der Waals surface area contributed by atoms with E-state index in [1.54, 1.807) is 12.1 Å². The summed E-state index contributed by atoms with van der Waals surface area (Å²) in [6.07, 6.45) is 6.14. The molecule has 1 atom stereocenters. The van der Waals surface area contributed by atoms with Crippen LogP contribution in [-0.4, -0.2) is 31.7 Å². The topological polar surface area (TPSA) is 97.1 Å². The van der Waals surface area contributed by atoms with Gasteiger partial charge in [0.25, 0.3) is 0 Å². The maximum atomic E-state index is 13.0. The van der Waals surface area contributed by atoms with Crippen LogP contribution in [0.5, 0.6) is 0 Å². The number of rotatable bonds is 11. The minimum absolute atomic E-state index is 0.0179. The number of amides is 1. The zero-order valence-electron chi connectivity index (χ0n) is 20.3. The number of aryl methyl sites for hydroxylation is 1. The molecule has 2 aromatic rings. The van der Waals surface area contributed by atoms with Gasteiger partial charge in [-0.2, -0.15) is 0 Å². The number of nitrogens with zero attached hydrogens (tertiary/aromatic N) is 3. The summed E-state index contributed by atoms with van der Waals surface area (Å²) in [6, 6.07) is 5.85. The Hall–Kier alpha value is -2.41. The number of hydrogen-bond donors (Lipinski definition) is 2. The largest absolute Gasteiger partial charge is 0.481 e. The van der Waals surface area contributed by atoms with Crippen LogP contribution in [0, 0.1) is 18.8 Å². The van der Waals surface area contributed by atoms with Crippen molar-refractivity contribution in [3.05, 3.63) is 40.4 Å². The fourth-order valence-corrected chi connectivity index (χ4v) is 5.43. The SMILES string of the molecule is Cc1ccc(NC(=O)C[C@H](CCC(=O)O)c2nnc(C3CC(CC(C)C)C3)n2C2CC2)c(Cl)c1. The molecule has 2 N–H and O–H groups in total. The quantitative estimate of drug-likeness (QED) is 0.400. The van der Waals surface area contributed by atoms with Gasteiger partial charge in [-0.05, 0) is 75.0 Å². The first-order valence-corrected chi connectivity index (χ1v) is 12.8. The molecule has 2 saturated carbocycles. The lowest BCUT2D eigenvalue weighted by molar-refractivity contribution is -0.137. The van der Waals surface area contributed by atoms with Crippen LogP contribution in [-0.2, 0) is 9.59 Å². The summed E-state index contributed by atoms with van der Waals surface area (Å²) in [7, 11) is 0. The first kappa shape index (κ1) is 24.7. The van der Waals surface area contributed by atoms with Gasteiger partial charge in [0.2, 0.25) is 5.91 Å². The van der Waals surface area contributed by atoms with Crippen molar-refractivity contribution >= 4 is 29.2 Å². The molecule has 0 bridgehead atoms. The summed E-state index contributed by atoms with van der Waals surface area (Å²) in [6.45, 7) is 6.47. The summed E-state index contributed by atoms with van der Waals surface area (Å²) in [4.78, 5) is 24.3. The van der Waals surface area contributed by atoms with E-state index in [2.05, 4.69) is 33.9 Å². The second kappa shape index (κ2) is 10.5. The van der Waals surface area contributed by atoms with Crippen molar-refractivity contribution in [2.45, 2.75) is 90.0 Å². The number of aromatic nitrogens is 3. The van der Waals surface area contributed by atoms with E-state index in [-0.39, 0.29) is 24.7 Å². The zero-order valence-corrected chi connectivity index (χ0v) is 21.0. The molecule has 2 fully saturated rings. The summed E-state index contributed by atoms with van der Waals surface area (Å²) >= 11 is 6.29. The van der Waals surface area contributed by atoms with Gasteiger partial charge in [0, 0.05) is 30.7 Å². The van der Waals surface area contributed by atoms with Gasteiger partial charge in [-0.3, -0.25) is 9.59 Å². The molecule has 0 aliphatic heterocycles. The van der Waals surface area contributed by atoms with E-state index in [4.69, 9.17) is 11.6 Å². The van der Waals surface area contributed by atoms with Crippen LogP contribution in [0.25, 0.3) is 0 Å². The number of carbonyl (C=O) groups excluding carboxylic acids is 1. The molecule has 4 rings (SSSR count). The van der Waals surface area contributed by atoms with E-state index in [0.29, 0.717) is 35.0 Å². The van der Waals surface area contributed by atoms with E-state index in [9.17, 15) is 14.7 Å². The Morgan fingerprint density at radius 2 is 1.97 bits per heavy atom. The van der Waals surface area contributed by atoms with Gasteiger partial charge >= 0.3 is 5.97 Å². The maximum Gasteiger partial charge on any atom is 0.303 e. The smallest absolute Gasteiger partial charge is 0.303 e. The summed E-state index contributed by atoms with van der Waals surface area (Å²) in [5.74, 6) is 2.25. The third-order valence-corrected chi connectivity index (χ3v) is 7.28. The molecule has 184 valence electrons. The van der Waals surface area contributed by atoms with Crippen LogP contribution >= 0.6 is 11.6 Å². The van der Waals surface area contributed by atoms with Crippen LogP contribution < -0.4 is 5.32 Å². The molecule has 7 nitrogen and oxygen atoms in total. The second-order valence-electron chi connectivity index (χ2n) is 10.5. The Kier molecular flexibility index (Phi) is 7.60. The molecule has 1 aromatic carbocycles. The van der Waals surface area contributed by atoms with Gasteiger partial charge in [0.1, 0.15) is 11.6 Å². The summed E-state index contributed by atoms with van der Waals surface area (Å²) in [5.41, 5.74) is 1.57. The van der Waals surface area contributed by atoms with Crippen LogP contribution in [0.2, 0.25) is 5.02 Å². The number of benzene rings is 1. The maximum absolute atomic E-state index is 13.0. The Morgan fingerprint density at radius 3 is 2.59 bits per heavy atom. The van der Waals surface area contributed by atoms with E-state index in [1.165, 1.54) is 6.42 Å². The minimum atomic E-state index is -0.875. The molecule has 0 spiro atoms. The molecular formula is C26H35ClN4O3. The van der Waals surface area contributed by atoms with Gasteiger partial charge in [-0.1, -0.05) is 31.5 Å². The highest BCUT2D eigenvalue weighted by atomic mass is 35.5. The van der Waals surface area contributed by atoms with Crippen molar-refractivity contribution in [2.75, 3.05) is 5.32 Å². The number of carbonyl (C=O) groups is 2. The molecule has 2 aliphatic rings. The number of anilines is 1. The molecule has 1 aromatic heterocycles. The molecule has 0 saturated heterocycles. The lowest BCUT2D eigenvalue weighted by Crippen LogP contribution is -2.26. The van der Waals surface area contributed by atoms with E-state index < -0.39 is 5.97 Å². The number of aliphatic carboxylic acids is 1. The first-order chi connectivity index (χ1) is 16.2. The molecule has 2 aliphatic carbocycles. The van der Waals surface area contributed by atoms with Crippen molar-refractivity contribution in [1.82, 2.24) is 14.8 Å². The van der Waals surface area contributed by atoms with Gasteiger partial charge in [0.05, 0.1) is 10.7 Å². The van der Waals surface area contributed by atoms with Crippen molar-refractivity contribution in [2.24, 2.45) is 11.8 Å². The summed E-state index contributed by atoms with van der Waals surface area (Å²) in [5, 5.41) is 21.8. The Labute approximate surface area is 206 Å². The highest BCUT2D eigenvalue weighted by Gasteiger charge is 2.39. The zero-order chi connectivity index (χ0) is 24.4. The van der Waals surface area contributed by atoms with Gasteiger partial charge in [-0.15, -0.1) is 10.2 Å². The molecule has 0 radical (unpaired) electrons. The van der Waals surface area contributed by atoms with Crippen molar-refractivity contribution < 1.29 is 14.7 Å². The van der Waals surface area contributed by atoms with Gasteiger partial charge in [0.15, 0.2) is 0 Å². The molecule has 0 unspecified atom stereocenters. The van der Waals surface area contributed by atoms with Crippen molar-refractivity contribution in [3.8, 4) is 0 Å². The third kappa shape index (κ3) is 5.98. The molecule has 1 amide bonds. The van der Waals surface area contributed by atoms with E-state index in [0.717, 1.165) is 48.8 Å². The van der Waals surface area contributed by atoms with Crippen LogP contribution in [0.3, 0.4) is 0 Å². The standard InChI is InChI=1S/C26H35ClN4O3/c1-15(2)10-17-12-19(13-17)26-30-29-25(31(26)20-6-7-20)18(5-9-24(33)34)14-23(32)28-22-8-4-16(3)11-21(22)27/h4,8,11,15,17-20H,5-7,9-10,12-14H2,1-3H3,(H,28,32)(H,33,34)/t17?,18-,19?/m0/s1. The highest BCUT2D eigenvalue weighted by Crippen LogP contribution is 2.48. The van der Waals surface area contributed by atoms with Crippen LogP contribution in [0.1, 0.15) is 100 Å². The lowest BCUT2D eigenvalue weighted by Gasteiger charge is -2.36. The second-order valence-corrected chi connectivity index (χ2v) is 11.0. The van der Waals surface area contributed by atoms with Crippen molar-refractivity contribution in [1.29, 1.82) is 0 Å². The molecule has 34 heavy (non-hydrogen) atoms. The van der Waals surface area contributed by atoms with Gasteiger partial charge in [-0.25, -0.2) is 0 Å². The first-order valence-electron chi connectivity index (χ1n) is 12.4. The monoisotopic (exact) mass is 486 g/mol. The molecule has 1 heterocycles. The summed E-state index contributed by atoms with van der Waals surface area (Å²) < 4.78 is 2.24. The number of hydrogen-bond acceptors (Lipinski definition) is 4. The number of carboxylic acid groups (broad SMARTS) is 1. The van der Waals surface area contributed by atoms with Crippen molar-refractivity contribution in [3.63, 3.8) is 0 Å². The minimum Gasteiger partial charge on any atom is -0.481 e. The predicted octanol–water partition coefficient (Wildman–Crippen LogP) is 6.09. The highest BCUT2D eigenvalue weighted by molar-refractivity contribution is 6.33. The van der Waals surface area contributed by atoms with Gasteiger partial charge < -0.3 is 15.0 Å². The molecular weight excluding hydrogens is 452 g/mol. The normalized spacial score (nSPS) is 20.7. The Morgan fingerprint density at radius 1 is 1.24 bits per heavy atom. The number of nitrogens with one attached hydrogen (secondary N) is 1. The number of carboxylic acids is 1. The van der Waals surface area contributed by atoms with E-state index in [1.807, 2.05) is 13.0 Å².